The van der Waals surface area contributed by atoms with Gasteiger partial charge in [0.2, 0.25) is 0 Å². The maximum absolute atomic E-state index is 12.1. The molecule has 3 atom stereocenters. The van der Waals surface area contributed by atoms with Gasteiger partial charge in [0.1, 0.15) is 6.10 Å². The zero-order chi connectivity index (χ0) is 26.2. The van der Waals surface area contributed by atoms with E-state index in [4.69, 9.17) is 14.0 Å². The Hall–Kier alpha value is -0.460. The van der Waals surface area contributed by atoms with E-state index in [0.29, 0.717) is 31.9 Å². The highest BCUT2D eigenvalue weighted by atomic mass is 31.2. The topological polar surface area (TPSA) is 94.1 Å². The number of hydrogen-bond donors (Lipinski definition) is 2. The summed E-state index contributed by atoms with van der Waals surface area (Å²) in [5.74, 6) is 0.0860. The Morgan fingerprint density at radius 1 is 0.857 bits per heavy atom. The molecule has 0 saturated carbocycles. The predicted octanol–water partition coefficient (Wildman–Crippen LogP) is 6.86. The number of carbonyl (C=O) groups is 1. The summed E-state index contributed by atoms with van der Waals surface area (Å²) >= 11 is 0. The zero-order valence-electron chi connectivity index (χ0n) is 23.2. The van der Waals surface area contributed by atoms with Crippen LogP contribution in [0.3, 0.4) is 0 Å². The van der Waals surface area contributed by atoms with Gasteiger partial charge in [-0.05, 0) is 25.8 Å². The summed E-state index contributed by atoms with van der Waals surface area (Å²) < 4.78 is 28.5. The summed E-state index contributed by atoms with van der Waals surface area (Å²) in [6.45, 7) is 7.33. The molecule has 0 saturated heterocycles. The van der Waals surface area contributed by atoms with Gasteiger partial charge in [-0.25, -0.2) is 0 Å². The van der Waals surface area contributed by atoms with Crippen molar-refractivity contribution in [1.82, 2.24) is 5.32 Å². The lowest BCUT2D eigenvalue weighted by Gasteiger charge is -2.21. The Kier molecular flexibility index (Phi) is 23.6. The van der Waals surface area contributed by atoms with Gasteiger partial charge >= 0.3 is 13.6 Å². The lowest BCUT2D eigenvalue weighted by Crippen LogP contribution is -2.29. The van der Waals surface area contributed by atoms with Gasteiger partial charge in [0.25, 0.3) is 0 Å². The van der Waals surface area contributed by atoms with Crippen LogP contribution < -0.4 is 5.32 Å². The average Bonchev–Trinajstić information content (AvgIpc) is 2.82. The zero-order valence-corrected chi connectivity index (χ0v) is 24.1. The van der Waals surface area contributed by atoms with Crippen molar-refractivity contribution in [1.29, 1.82) is 0 Å². The smallest absolute Gasteiger partial charge is 0.329 e. The van der Waals surface area contributed by atoms with Crippen LogP contribution in [-0.2, 0) is 23.4 Å². The first-order valence-corrected chi connectivity index (χ1v) is 16.0. The van der Waals surface area contributed by atoms with E-state index in [-0.39, 0.29) is 25.3 Å². The summed E-state index contributed by atoms with van der Waals surface area (Å²) in [5.41, 5.74) is 0. The summed E-state index contributed by atoms with van der Waals surface area (Å²) in [6, 6.07) is 0. The van der Waals surface area contributed by atoms with E-state index in [1.807, 2.05) is 6.92 Å². The van der Waals surface area contributed by atoms with Crippen LogP contribution in [0.15, 0.2) is 0 Å². The first kappa shape index (κ1) is 34.5. The third-order valence-corrected chi connectivity index (χ3v) is 7.46. The molecule has 35 heavy (non-hydrogen) atoms. The van der Waals surface area contributed by atoms with Crippen molar-refractivity contribution >= 4 is 13.6 Å². The van der Waals surface area contributed by atoms with E-state index in [1.54, 1.807) is 7.05 Å². The molecule has 3 unspecified atom stereocenters. The Balaban J connectivity index is 3.97. The van der Waals surface area contributed by atoms with Crippen LogP contribution in [0.25, 0.3) is 0 Å². The molecule has 0 radical (unpaired) electrons. The Labute approximate surface area is 216 Å². The molecule has 210 valence electrons. The van der Waals surface area contributed by atoms with E-state index >= 15 is 0 Å². The normalized spacial score (nSPS) is 15.0. The van der Waals surface area contributed by atoms with Crippen molar-refractivity contribution in [2.24, 2.45) is 5.92 Å². The number of unbranched alkanes of at least 4 members (excludes halogenated alkanes) is 11. The van der Waals surface area contributed by atoms with Gasteiger partial charge in [-0.3, -0.25) is 9.36 Å². The molecule has 0 spiro atoms. The highest BCUT2D eigenvalue weighted by molar-refractivity contribution is 7.52. The third-order valence-electron chi connectivity index (χ3n) is 6.12. The molecule has 0 amide bonds. The van der Waals surface area contributed by atoms with Crippen molar-refractivity contribution in [3.8, 4) is 0 Å². The fraction of sp³-hybridized carbons (Fsp3) is 0.963. The second-order valence-corrected chi connectivity index (χ2v) is 11.9. The lowest BCUT2D eigenvalue weighted by atomic mass is 10.0. The van der Waals surface area contributed by atoms with Gasteiger partial charge in [-0.2, -0.15) is 0 Å². The maximum Gasteiger partial charge on any atom is 0.329 e. The molecule has 0 aromatic rings. The van der Waals surface area contributed by atoms with Crippen LogP contribution in [0.2, 0.25) is 0 Å². The van der Waals surface area contributed by atoms with Gasteiger partial charge in [0.15, 0.2) is 0 Å². The van der Waals surface area contributed by atoms with E-state index in [2.05, 4.69) is 19.2 Å². The quantitative estimate of drug-likeness (QED) is 0.0729. The van der Waals surface area contributed by atoms with Gasteiger partial charge in [0.05, 0.1) is 19.4 Å². The molecule has 0 aliphatic rings. The Morgan fingerprint density at radius 3 is 1.97 bits per heavy atom. The minimum Gasteiger partial charge on any atom is -0.457 e. The third kappa shape index (κ3) is 23.7. The fourth-order valence-electron chi connectivity index (χ4n) is 3.90. The standard InChI is InChI=1S/C27H56NO6P/c1-5-7-8-9-10-11-12-13-14-15-16-17-19-25(3)22-32-23-26(34-27(29)18-6-2)24-33-35(30,31)21-20-28-4/h25-26,28H,5-24H2,1-4H3,(H,30,31). The van der Waals surface area contributed by atoms with Crippen LogP contribution in [0, 0.1) is 5.92 Å². The highest BCUT2D eigenvalue weighted by Crippen LogP contribution is 2.41. The lowest BCUT2D eigenvalue weighted by molar-refractivity contribution is -0.154. The minimum absolute atomic E-state index is 0.00999. The number of ether oxygens (including phenoxy) is 2. The minimum atomic E-state index is -3.72. The van der Waals surface area contributed by atoms with E-state index < -0.39 is 13.7 Å². The number of rotatable bonds is 26. The predicted molar refractivity (Wildman–Crippen MR) is 145 cm³/mol. The summed E-state index contributed by atoms with van der Waals surface area (Å²) in [4.78, 5) is 21.8. The van der Waals surface area contributed by atoms with Crippen molar-refractivity contribution in [2.45, 2.75) is 123 Å². The summed E-state index contributed by atoms with van der Waals surface area (Å²) in [6.07, 6.45) is 17.6. The van der Waals surface area contributed by atoms with E-state index in [1.165, 1.54) is 77.0 Å². The summed E-state index contributed by atoms with van der Waals surface area (Å²) in [7, 11) is -2.01. The second-order valence-electron chi connectivity index (χ2n) is 9.94. The average molecular weight is 522 g/mol. The molecule has 0 aromatic carbocycles. The van der Waals surface area contributed by atoms with Gasteiger partial charge in [-0.1, -0.05) is 97.8 Å². The van der Waals surface area contributed by atoms with Crippen molar-refractivity contribution in [3.05, 3.63) is 0 Å². The first-order chi connectivity index (χ1) is 16.8. The molecular weight excluding hydrogens is 465 g/mol. The number of nitrogens with one attached hydrogen (secondary N) is 1. The van der Waals surface area contributed by atoms with Crippen LogP contribution in [0.4, 0.5) is 0 Å². The molecule has 0 bridgehead atoms. The van der Waals surface area contributed by atoms with Crippen molar-refractivity contribution in [3.63, 3.8) is 0 Å². The van der Waals surface area contributed by atoms with Gasteiger partial charge in [-0.15, -0.1) is 0 Å². The molecule has 0 aliphatic carbocycles. The van der Waals surface area contributed by atoms with E-state index in [9.17, 15) is 14.3 Å². The first-order valence-electron chi connectivity index (χ1n) is 14.2. The molecule has 0 aliphatic heterocycles. The van der Waals surface area contributed by atoms with Crippen molar-refractivity contribution < 1.29 is 28.3 Å². The second kappa shape index (κ2) is 23.9. The Bertz CT molecular complexity index is 534. The van der Waals surface area contributed by atoms with Crippen LogP contribution >= 0.6 is 7.60 Å². The maximum atomic E-state index is 12.1. The molecule has 0 aromatic heterocycles. The fourth-order valence-corrected chi connectivity index (χ4v) is 4.93. The van der Waals surface area contributed by atoms with Crippen molar-refractivity contribution in [2.75, 3.05) is 39.6 Å². The SMILES string of the molecule is CCCCCCCCCCCCCCC(C)COCC(COP(=O)(O)CCNC)OC(=O)CCC. The van der Waals surface area contributed by atoms with Crippen LogP contribution in [0.1, 0.15) is 117 Å². The molecule has 2 N–H and O–H groups in total. The van der Waals surface area contributed by atoms with Gasteiger partial charge < -0.3 is 24.2 Å². The molecule has 7 nitrogen and oxygen atoms in total. The number of carbonyl (C=O) groups excluding carboxylic acids is 1. The summed E-state index contributed by atoms with van der Waals surface area (Å²) in [5, 5.41) is 2.83. The molecule has 0 rings (SSSR count). The van der Waals surface area contributed by atoms with Gasteiger partial charge in [0, 0.05) is 19.6 Å². The number of hydrogen-bond acceptors (Lipinski definition) is 6. The number of esters is 1. The molecule has 8 heteroatoms. The Morgan fingerprint density at radius 2 is 1.43 bits per heavy atom. The van der Waals surface area contributed by atoms with Crippen LogP contribution in [-0.4, -0.2) is 56.5 Å². The molecule has 0 fully saturated rings. The largest absolute Gasteiger partial charge is 0.457 e. The van der Waals surface area contributed by atoms with E-state index in [0.717, 1.165) is 6.42 Å². The highest BCUT2D eigenvalue weighted by Gasteiger charge is 2.23. The molecule has 0 heterocycles. The molecular formula is C27H56NO6P. The monoisotopic (exact) mass is 521 g/mol. The van der Waals surface area contributed by atoms with Crippen LogP contribution in [0.5, 0.6) is 0 Å².